The van der Waals surface area contributed by atoms with Gasteiger partial charge >= 0.3 is 12.4 Å². The van der Waals surface area contributed by atoms with Gasteiger partial charge in [-0.15, -0.1) is 0 Å². The number of alkyl halides is 6. The molecule has 204 valence electrons. The number of carbonyl (C=O) groups excluding carboxylic acids is 1. The van der Waals surface area contributed by atoms with Crippen LogP contribution < -0.4 is 10.9 Å². The summed E-state index contributed by atoms with van der Waals surface area (Å²) < 4.78 is 82.0. The number of H-pyrrole nitrogens is 1. The van der Waals surface area contributed by atoms with Gasteiger partial charge < -0.3 is 15.4 Å². The lowest BCUT2D eigenvalue weighted by molar-refractivity contribution is -0.143. The average molecular weight is 559 g/mol. The maximum atomic E-state index is 14.2. The molecule has 2 aromatic carbocycles. The van der Waals surface area contributed by atoms with E-state index in [4.69, 9.17) is 0 Å². The number of phenols is 1. The molecule has 0 unspecified atom stereocenters. The van der Waals surface area contributed by atoms with Crippen LogP contribution in [0.15, 0.2) is 78.0 Å². The van der Waals surface area contributed by atoms with Gasteiger partial charge in [-0.3, -0.25) is 14.6 Å². The summed E-state index contributed by atoms with van der Waals surface area (Å²) >= 11 is 0. The summed E-state index contributed by atoms with van der Waals surface area (Å²) in [6, 6.07) is 11.1. The van der Waals surface area contributed by atoms with Crippen molar-refractivity contribution in [2.45, 2.75) is 12.4 Å². The normalized spacial score (nSPS) is 12.1. The summed E-state index contributed by atoms with van der Waals surface area (Å²) in [6.45, 7) is 0. The van der Waals surface area contributed by atoms with Gasteiger partial charge in [-0.2, -0.15) is 31.4 Å². The Morgan fingerprint density at radius 2 is 1.65 bits per heavy atom. The van der Waals surface area contributed by atoms with Gasteiger partial charge in [-0.1, -0.05) is 12.1 Å². The molecule has 0 atom stereocenters. The molecule has 0 fully saturated rings. The number of nitrogens with one attached hydrogen (secondary N) is 2. The quantitative estimate of drug-likeness (QED) is 0.242. The SMILES string of the molecule is O=C(Nc1ccc(-c2ccnc(C(F)(F)F)c2)cc1)c1cnn(-c2ccc(O)c3c(=O)[nH]ccc23)c1C(F)(F)F. The van der Waals surface area contributed by atoms with E-state index in [1.54, 1.807) is 0 Å². The fraction of sp³-hybridized carbons (Fsp3) is 0.0769. The number of hydrogen-bond donors (Lipinski definition) is 3. The molecule has 5 aromatic rings. The van der Waals surface area contributed by atoms with Crippen molar-refractivity contribution in [3.05, 3.63) is 100 Å². The Morgan fingerprint density at radius 3 is 2.33 bits per heavy atom. The Hall–Kier alpha value is -5.14. The number of hydrogen-bond acceptors (Lipinski definition) is 5. The van der Waals surface area contributed by atoms with Crippen molar-refractivity contribution in [2.24, 2.45) is 0 Å². The Labute approximate surface area is 219 Å². The van der Waals surface area contributed by atoms with Crippen LogP contribution in [0, 0.1) is 0 Å². The van der Waals surface area contributed by atoms with Gasteiger partial charge in [0.15, 0.2) is 5.69 Å². The summed E-state index contributed by atoms with van der Waals surface area (Å²) in [7, 11) is 0. The minimum absolute atomic E-state index is 0.0373. The van der Waals surface area contributed by atoms with Gasteiger partial charge in [0.25, 0.3) is 11.5 Å². The van der Waals surface area contributed by atoms with Crippen molar-refractivity contribution >= 4 is 22.4 Å². The first-order valence-electron chi connectivity index (χ1n) is 11.3. The zero-order chi connectivity index (χ0) is 28.8. The van der Waals surface area contributed by atoms with E-state index in [0.717, 1.165) is 24.4 Å². The number of aromatic nitrogens is 4. The lowest BCUT2D eigenvalue weighted by atomic mass is 10.1. The lowest BCUT2D eigenvalue weighted by Crippen LogP contribution is -2.21. The number of carbonyl (C=O) groups is 1. The highest BCUT2D eigenvalue weighted by atomic mass is 19.4. The highest BCUT2D eigenvalue weighted by Crippen LogP contribution is 2.37. The maximum Gasteiger partial charge on any atom is 0.434 e. The van der Waals surface area contributed by atoms with E-state index < -0.39 is 46.5 Å². The monoisotopic (exact) mass is 559 g/mol. The molecule has 1 amide bonds. The highest BCUT2D eigenvalue weighted by molar-refractivity contribution is 6.05. The van der Waals surface area contributed by atoms with Crippen LogP contribution in [0.1, 0.15) is 21.7 Å². The molecule has 0 saturated heterocycles. The lowest BCUT2D eigenvalue weighted by Gasteiger charge is -2.15. The van der Waals surface area contributed by atoms with Crippen LogP contribution in [0.4, 0.5) is 32.0 Å². The number of halogens is 6. The number of phenolic OH excluding ortho intramolecular Hbond substituents is 1. The second kappa shape index (κ2) is 9.55. The zero-order valence-corrected chi connectivity index (χ0v) is 19.8. The largest absolute Gasteiger partial charge is 0.507 e. The first-order chi connectivity index (χ1) is 18.8. The summed E-state index contributed by atoms with van der Waals surface area (Å²) in [5, 5.41) is 15.8. The molecule has 0 saturated carbocycles. The van der Waals surface area contributed by atoms with Crippen molar-refractivity contribution in [3.8, 4) is 22.6 Å². The predicted molar refractivity (Wildman–Crippen MR) is 131 cm³/mol. The number of benzene rings is 2. The molecular formula is C26H15F6N5O3. The van der Waals surface area contributed by atoms with E-state index in [0.29, 0.717) is 16.4 Å². The number of anilines is 1. The van der Waals surface area contributed by atoms with E-state index in [-0.39, 0.29) is 27.7 Å². The third-order valence-electron chi connectivity index (χ3n) is 5.93. The number of aromatic amines is 1. The Kier molecular flexibility index (Phi) is 6.32. The molecule has 0 aliphatic carbocycles. The number of fused-ring (bicyclic) bond motifs is 1. The number of rotatable bonds is 4. The molecule has 3 aromatic heterocycles. The standard InChI is InChI=1S/C26H15F6N5O3/c27-25(28,29)20-11-14(7-9-33-20)13-1-3-15(4-2-13)36-23(39)17-12-35-37(22(17)26(30,31)32)18-5-6-19(38)21-16(18)8-10-34-24(21)40/h1-12,38H,(H,34,40)(H,36,39). The van der Waals surface area contributed by atoms with Crippen LogP contribution in [0.2, 0.25) is 0 Å². The molecule has 0 bridgehead atoms. The second-order valence-electron chi connectivity index (χ2n) is 8.47. The fourth-order valence-corrected chi connectivity index (χ4v) is 4.14. The average Bonchev–Trinajstić information content (AvgIpc) is 3.35. The van der Waals surface area contributed by atoms with E-state index in [9.17, 15) is 41.0 Å². The van der Waals surface area contributed by atoms with E-state index in [1.807, 2.05) is 0 Å². The first kappa shape index (κ1) is 26.5. The molecule has 0 aliphatic heterocycles. The number of amides is 1. The Bertz CT molecular complexity index is 1810. The third-order valence-corrected chi connectivity index (χ3v) is 5.93. The molecule has 3 heterocycles. The molecular weight excluding hydrogens is 544 g/mol. The molecule has 0 aliphatic rings. The van der Waals surface area contributed by atoms with E-state index in [2.05, 4.69) is 20.4 Å². The van der Waals surface area contributed by atoms with Crippen LogP contribution >= 0.6 is 0 Å². The van der Waals surface area contributed by atoms with Crippen molar-refractivity contribution in [2.75, 3.05) is 5.32 Å². The highest BCUT2D eigenvalue weighted by Gasteiger charge is 2.41. The maximum absolute atomic E-state index is 14.2. The minimum atomic E-state index is -5.06. The van der Waals surface area contributed by atoms with Crippen molar-refractivity contribution in [3.63, 3.8) is 0 Å². The molecule has 0 spiro atoms. The van der Waals surface area contributed by atoms with Crippen molar-refractivity contribution in [1.29, 1.82) is 0 Å². The molecule has 3 N–H and O–H groups in total. The number of aromatic hydroxyl groups is 1. The topological polar surface area (TPSA) is 113 Å². The van der Waals surface area contributed by atoms with Gasteiger partial charge in [0.1, 0.15) is 11.4 Å². The Morgan fingerprint density at radius 1 is 0.925 bits per heavy atom. The summed E-state index contributed by atoms with van der Waals surface area (Å²) in [5.41, 5.74) is -3.67. The van der Waals surface area contributed by atoms with Gasteiger partial charge in [0.2, 0.25) is 0 Å². The first-order valence-corrected chi connectivity index (χ1v) is 11.3. The minimum Gasteiger partial charge on any atom is -0.507 e. The van der Waals surface area contributed by atoms with E-state index in [1.165, 1.54) is 42.6 Å². The van der Waals surface area contributed by atoms with Crippen LogP contribution in [0.5, 0.6) is 5.75 Å². The van der Waals surface area contributed by atoms with Crippen LogP contribution in [0.25, 0.3) is 27.6 Å². The van der Waals surface area contributed by atoms with Crippen LogP contribution in [-0.4, -0.2) is 30.8 Å². The van der Waals surface area contributed by atoms with Crippen molar-refractivity contribution < 1.29 is 36.2 Å². The van der Waals surface area contributed by atoms with Crippen molar-refractivity contribution in [1.82, 2.24) is 19.7 Å². The number of pyridine rings is 2. The second-order valence-corrected chi connectivity index (χ2v) is 8.47. The smallest absolute Gasteiger partial charge is 0.434 e. The van der Waals surface area contributed by atoms with Gasteiger partial charge in [-0.25, -0.2) is 4.68 Å². The molecule has 5 rings (SSSR count). The summed E-state index contributed by atoms with van der Waals surface area (Å²) in [6.07, 6.45) is -6.80. The molecule has 14 heteroatoms. The third kappa shape index (κ3) is 4.86. The van der Waals surface area contributed by atoms with Gasteiger partial charge in [-0.05, 0) is 53.6 Å². The van der Waals surface area contributed by atoms with Crippen LogP contribution in [-0.2, 0) is 12.4 Å². The molecule has 0 radical (unpaired) electrons. The van der Waals surface area contributed by atoms with Gasteiger partial charge in [0.05, 0.1) is 22.8 Å². The van der Waals surface area contributed by atoms with E-state index >= 15 is 0 Å². The fourth-order valence-electron chi connectivity index (χ4n) is 4.14. The van der Waals surface area contributed by atoms with Gasteiger partial charge in [0, 0.05) is 23.5 Å². The van der Waals surface area contributed by atoms with Crippen LogP contribution in [0.3, 0.4) is 0 Å². The zero-order valence-electron chi connectivity index (χ0n) is 19.8. The number of nitrogens with zero attached hydrogens (tertiary/aromatic N) is 3. The molecule has 40 heavy (non-hydrogen) atoms. The summed E-state index contributed by atoms with van der Waals surface area (Å²) in [4.78, 5) is 30.7. The molecule has 8 nitrogen and oxygen atoms in total. The Balaban J connectivity index is 1.48. The predicted octanol–water partition coefficient (Wildman–Crippen LogP) is 5.77. The summed E-state index contributed by atoms with van der Waals surface area (Å²) in [5.74, 6) is -1.61.